The lowest BCUT2D eigenvalue weighted by Gasteiger charge is -2.10. The standard InChI is InChI=1S/C23H21N5O2/c1-15-8-7-9-16(12-15)13-27-18(17-10-5-4-6-11-17)14-28-19-20(24-22(27)28)25(2)23(30)26(3)21(19)29/h4-12,14H,13H2,1-3H3. The molecule has 0 aliphatic rings. The van der Waals surface area contributed by atoms with Gasteiger partial charge in [-0.3, -0.25) is 18.3 Å². The molecule has 0 amide bonds. The fraction of sp³-hybridized carbons (Fsp3) is 0.174. The van der Waals surface area contributed by atoms with Crippen LogP contribution in [0.1, 0.15) is 11.1 Å². The molecule has 0 aliphatic heterocycles. The van der Waals surface area contributed by atoms with Crippen LogP contribution < -0.4 is 11.2 Å². The zero-order chi connectivity index (χ0) is 21.0. The van der Waals surface area contributed by atoms with Gasteiger partial charge in [-0.15, -0.1) is 0 Å². The van der Waals surface area contributed by atoms with Gasteiger partial charge in [0.2, 0.25) is 5.78 Å². The number of nitrogens with zero attached hydrogens (tertiary/aromatic N) is 5. The quantitative estimate of drug-likeness (QED) is 0.469. The van der Waals surface area contributed by atoms with E-state index in [0.717, 1.165) is 21.4 Å². The summed E-state index contributed by atoms with van der Waals surface area (Å²) in [5.41, 5.74) is 4.35. The molecule has 3 aromatic heterocycles. The van der Waals surface area contributed by atoms with Crippen molar-refractivity contribution in [2.24, 2.45) is 14.1 Å². The minimum absolute atomic E-state index is 0.354. The first-order chi connectivity index (χ1) is 14.5. The monoisotopic (exact) mass is 399 g/mol. The van der Waals surface area contributed by atoms with E-state index in [1.807, 2.05) is 42.6 Å². The fourth-order valence-corrected chi connectivity index (χ4v) is 4.00. The van der Waals surface area contributed by atoms with Gasteiger partial charge in [0.1, 0.15) is 0 Å². The maximum atomic E-state index is 12.9. The van der Waals surface area contributed by atoms with Crippen LogP contribution in [0.4, 0.5) is 0 Å². The third kappa shape index (κ3) is 2.62. The second-order valence-corrected chi connectivity index (χ2v) is 7.62. The Labute approximate surface area is 172 Å². The molecule has 0 N–H and O–H groups in total. The predicted molar refractivity (Wildman–Crippen MR) is 117 cm³/mol. The van der Waals surface area contributed by atoms with Gasteiger partial charge < -0.3 is 4.57 Å². The molecule has 0 bridgehead atoms. The summed E-state index contributed by atoms with van der Waals surface area (Å²) >= 11 is 0. The summed E-state index contributed by atoms with van der Waals surface area (Å²) in [7, 11) is 3.13. The molecule has 30 heavy (non-hydrogen) atoms. The van der Waals surface area contributed by atoms with Crippen molar-refractivity contribution in [3.8, 4) is 11.3 Å². The summed E-state index contributed by atoms with van der Waals surface area (Å²) in [5.74, 6) is 0.628. The van der Waals surface area contributed by atoms with Crippen LogP contribution in [0.2, 0.25) is 0 Å². The number of benzene rings is 2. The van der Waals surface area contributed by atoms with Crippen molar-refractivity contribution in [1.82, 2.24) is 23.1 Å². The van der Waals surface area contributed by atoms with Crippen molar-refractivity contribution in [2.75, 3.05) is 0 Å². The first-order valence-electron chi connectivity index (χ1n) is 9.74. The normalized spacial score (nSPS) is 11.6. The molecule has 150 valence electrons. The maximum absolute atomic E-state index is 12.9. The SMILES string of the molecule is Cc1cccc(Cn2c(-c3ccccc3)cn3c4c(=O)n(C)c(=O)n(C)c4nc23)c1. The first-order valence-corrected chi connectivity index (χ1v) is 9.74. The predicted octanol–water partition coefficient (Wildman–Crippen LogP) is 2.71. The van der Waals surface area contributed by atoms with Crippen molar-refractivity contribution in [2.45, 2.75) is 13.5 Å². The smallest absolute Gasteiger partial charge is 0.305 e. The summed E-state index contributed by atoms with van der Waals surface area (Å²) in [6, 6.07) is 18.4. The number of aromatic nitrogens is 5. The second-order valence-electron chi connectivity index (χ2n) is 7.62. The first kappa shape index (κ1) is 18.2. The van der Waals surface area contributed by atoms with Crippen LogP contribution in [0.5, 0.6) is 0 Å². The third-order valence-corrected chi connectivity index (χ3v) is 5.55. The molecule has 7 heteroatoms. The van der Waals surface area contributed by atoms with E-state index in [-0.39, 0.29) is 11.2 Å². The molecule has 5 rings (SSSR count). The van der Waals surface area contributed by atoms with E-state index in [1.54, 1.807) is 11.4 Å². The molecular formula is C23H21N5O2. The summed E-state index contributed by atoms with van der Waals surface area (Å²) in [6.45, 7) is 2.66. The van der Waals surface area contributed by atoms with Crippen LogP contribution in [0, 0.1) is 6.92 Å². The zero-order valence-electron chi connectivity index (χ0n) is 17.0. The highest BCUT2D eigenvalue weighted by Crippen LogP contribution is 2.26. The molecule has 0 spiro atoms. The lowest BCUT2D eigenvalue weighted by atomic mass is 10.1. The van der Waals surface area contributed by atoms with Crippen LogP contribution in [-0.2, 0) is 20.6 Å². The summed E-state index contributed by atoms with van der Waals surface area (Å²) in [6.07, 6.45) is 1.93. The van der Waals surface area contributed by atoms with E-state index in [0.29, 0.717) is 23.5 Å². The van der Waals surface area contributed by atoms with Gasteiger partial charge in [-0.1, -0.05) is 60.2 Å². The number of rotatable bonds is 3. The van der Waals surface area contributed by atoms with E-state index in [1.165, 1.54) is 17.2 Å². The van der Waals surface area contributed by atoms with E-state index in [9.17, 15) is 9.59 Å². The average Bonchev–Trinajstić information content (AvgIpc) is 3.28. The highest BCUT2D eigenvalue weighted by atomic mass is 16.2. The van der Waals surface area contributed by atoms with E-state index in [4.69, 9.17) is 4.98 Å². The topological polar surface area (TPSA) is 66.2 Å². The zero-order valence-corrected chi connectivity index (χ0v) is 17.0. The number of hydrogen-bond donors (Lipinski definition) is 0. The van der Waals surface area contributed by atoms with Gasteiger partial charge in [0.25, 0.3) is 5.56 Å². The minimum atomic E-state index is -0.387. The Morgan fingerprint density at radius 3 is 2.43 bits per heavy atom. The van der Waals surface area contributed by atoms with E-state index >= 15 is 0 Å². The van der Waals surface area contributed by atoms with Crippen LogP contribution >= 0.6 is 0 Å². The summed E-state index contributed by atoms with van der Waals surface area (Å²) in [5, 5.41) is 0. The van der Waals surface area contributed by atoms with Crippen molar-refractivity contribution in [3.63, 3.8) is 0 Å². The van der Waals surface area contributed by atoms with Crippen molar-refractivity contribution < 1.29 is 0 Å². The third-order valence-electron chi connectivity index (χ3n) is 5.55. The van der Waals surface area contributed by atoms with Gasteiger partial charge in [-0.2, -0.15) is 4.98 Å². The fourth-order valence-electron chi connectivity index (χ4n) is 4.00. The van der Waals surface area contributed by atoms with Gasteiger partial charge in [-0.05, 0) is 18.1 Å². The highest BCUT2D eigenvalue weighted by Gasteiger charge is 2.20. The lowest BCUT2D eigenvalue weighted by molar-refractivity contribution is 0.707. The van der Waals surface area contributed by atoms with E-state index < -0.39 is 0 Å². The van der Waals surface area contributed by atoms with Gasteiger partial charge >= 0.3 is 5.69 Å². The van der Waals surface area contributed by atoms with E-state index in [2.05, 4.69) is 29.7 Å². The number of hydrogen-bond acceptors (Lipinski definition) is 3. The number of fused-ring (bicyclic) bond motifs is 3. The number of aryl methyl sites for hydroxylation is 2. The van der Waals surface area contributed by atoms with Crippen molar-refractivity contribution >= 4 is 16.9 Å². The van der Waals surface area contributed by atoms with Gasteiger partial charge in [0.15, 0.2) is 11.2 Å². The lowest BCUT2D eigenvalue weighted by Crippen LogP contribution is -2.37. The molecule has 0 radical (unpaired) electrons. The molecule has 0 aliphatic carbocycles. The maximum Gasteiger partial charge on any atom is 0.332 e. The van der Waals surface area contributed by atoms with Gasteiger partial charge in [-0.25, -0.2) is 4.79 Å². The Balaban J connectivity index is 1.87. The Kier molecular flexibility index (Phi) is 3.99. The van der Waals surface area contributed by atoms with Crippen LogP contribution in [-0.4, -0.2) is 23.1 Å². The molecule has 0 saturated carbocycles. The highest BCUT2D eigenvalue weighted by molar-refractivity contribution is 5.78. The average molecular weight is 399 g/mol. The molecule has 0 saturated heterocycles. The summed E-state index contributed by atoms with van der Waals surface area (Å²) < 4.78 is 6.43. The molecule has 0 atom stereocenters. The van der Waals surface area contributed by atoms with Gasteiger partial charge in [0.05, 0.1) is 12.2 Å². The minimum Gasteiger partial charge on any atom is -0.305 e. The molecule has 2 aromatic carbocycles. The molecule has 0 unspecified atom stereocenters. The Bertz CT molecular complexity index is 1530. The Morgan fingerprint density at radius 2 is 1.70 bits per heavy atom. The second kappa shape index (κ2) is 6.59. The van der Waals surface area contributed by atoms with Gasteiger partial charge in [0, 0.05) is 20.3 Å². The van der Waals surface area contributed by atoms with Crippen molar-refractivity contribution in [1.29, 1.82) is 0 Å². The van der Waals surface area contributed by atoms with Crippen LogP contribution in [0.25, 0.3) is 28.2 Å². The number of imidazole rings is 2. The molecular weight excluding hydrogens is 378 g/mol. The molecule has 3 heterocycles. The Morgan fingerprint density at radius 1 is 0.933 bits per heavy atom. The van der Waals surface area contributed by atoms with Crippen LogP contribution in [0.3, 0.4) is 0 Å². The summed E-state index contributed by atoms with van der Waals surface area (Å²) in [4.78, 5) is 30.0. The largest absolute Gasteiger partial charge is 0.332 e. The van der Waals surface area contributed by atoms with Crippen LogP contribution in [0.15, 0.2) is 70.4 Å². The Hall–Kier alpha value is -3.87. The molecule has 5 aromatic rings. The molecule has 0 fully saturated rings. The van der Waals surface area contributed by atoms with Crippen molar-refractivity contribution in [3.05, 3.63) is 92.8 Å². The molecule has 7 nitrogen and oxygen atoms in total.